The quantitative estimate of drug-likeness (QED) is 0.786. The Morgan fingerprint density at radius 1 is 1.48 bits per heavy atom. The summed E-state index contributed by atoms with van der Waals surface area (Å²) in [4.78, 5) is 16.2. The molecule has 9 heteroatoms. The van der Waals surface area contributed by atoms with Gasteiger partial charge in [0, 0.05) is 26.2 Å². The second kappa shape index (κ2) is 7.22. The number of tetrazole rings is 1. The smallest absolute Gasteiger partial charge is 0.317 e. The van der Waals surface area contributed by atoms with E-state index in [-0.39, 0.29) is 17.6 Å². The number of ether oxygens (including phenoxy) is 1. The maximum atomic E-state index is 12.3. The molecule has 0 aliphatic carbocycles. The number of amides is 2. The highest BCUT2D eigenvalue weighted by molar-refractivity contribution is 5.75. The van der Waals surface area contributed by atoms with Gasteiger partial charge >= 0.3 is 6.03 Å². The van der Waals surface area contributed by atoms with Crippen molar-refractivity contribution in [1.29, 1.82) is 0 Å². The zero-order valence-electron chi connectivity index (χ0n) is 14.6. The SMILES string of the molecule is COCCn1nnnc1C1(N(C)C)CCN(C(=O)NC(C)C)C1. The van der Waals surface area contributed by atoms with Crippen molar-refractivity contribution < 1.29 is 9.53 Å². The molecule has 9 nitrogen and oxygen atoms in total. The van der Waals surface area contributed by atoms with Crippen LogP contribution in [0.4, 0.5) is 4.79 Å². The summed E-state index contributed by atoms with van der Waals surface area (Å²) >= 11 is 0. The van der Waals surface area contributed by atoms with Gasteiger partial charge in [0.2, 0.25) is 0 Å². The number of aromatic nitrogens is 4. The van der Waals surface area contributed by atoms with Crippen molar-refractivity contribution >= 4 is 6.03 Å². The maximum absolute atomic E-state index is 12.3. The van der Waals surface area contributed by atoms with Gasteiger partial charge in [-0.2, -0.15) is 0 Å². The number of hydrogen-bond donors (Lipinski definition) is 1. The zero-order valence-corrected chi connectivity index (χ0v) is 14.6. The lowest BCUT2D eigenvalue weighted by Gasteiger charge is -2.34. The van der Waals surface area contributed by atoms with E-state index in [2.05, 4.69) is 25.7 Å². The standard InChI is InChI=1S/C14H27N7O2/c1-11(2)15-13(22)20-7-6-14(10-20,19(3)4)12-16-17-18-21(12)8-9-23-5/h11H,6-10H2,1-5H3,(H,15,22). The van der Waals surface area contributed by atoms with Gasteiger partial charge in [-0.25, -0.2) is 9.48 Å². The van der Waals surface area contributed by atoms with Gasteiger partial charge in [-0.3, -0.25) is 4.90 Å². The fraction of sp³-hybridized carbons (Fsp3) is 0.857. The molecule has 1 aliphatic rings. The highest BCUT2D eigenvalue weighted by atomic mass is 16.5. The van der Waals surface area contributed by atoms with Gasteiger partial charge in [0.1, 0.15) is 5.54 Å². The third-order valence-electron chi connectivity index (χ3n) is 4.26. The van der Waals surface area contributed by atoms with Crippen LogP contribution < -0.4 is 5.32 Å². The Morgan fingerprint density at radius 3 is 2.83 bits per heavy atom. The van der Waals surface area contributed by atoms with E-state index in [0.717, 1.165) is 12.2 Å². The number of likely N-dealkylation sites (tertiary alicyclic amines) is 1. The number of nitrogens with zero attached hydrogens (tertiary/aromatic N) is 6. The van der Waals surface area contributed by atoms with Crippen LogP contribution in [0.3, 0.4) is 0 Å². The first-order chi connectivity index (χ1) is 10.9. The van der Waals surface area contributed by atoms with E-state index in [1.54, 1.807) is 11.8 Å². The summed E-state index contributed by atoms with van der Waals surface area (Å²) in [6.45, 7) is 6.28. The molecule has 0 bridgehead atoms. The minimum absolute atomic E-state index is 0.0420. The second-order valence-corrected chi connectivity index (χ2v) is 6.42. The molecule has 1 aliphatic heterocycles. The molecule has 1 saturated heterocycles. The summed E-state index contributed by atoms with van der Waals surface area (Å²) in [6, 6.07) is 0.0727. The van der Waals surface area contributed by atoms with Crippen molar-refractivity contribution in [3.05, 3.63) is 5.82 Å². The van der Waals surface area contributed by atoms with Crippen LogP contribution in [0.2, 0.25) is 0 Å². The van der Waals surface area contributed by atoms with Crippen LogP contribution in [-0.2, 0) is 16.8 Å². The molecule has 2 rings (SSSR count). The minimum Gasteiger partial charge on any atom is -0.383 e. The minimum atomic E-state index is -0.383. The predicted molar refractivity (Wildman–Crippen MR) is 84.9 cm³/mol. The third kappa shape index (κ3) is 3.61. The van der Waals surface area contributed by atoms with Crippen LogP contribution in [0.1, 0.15) is 26.1 Å². The molecule has 0 saturated carbocycles. The normalized spacial score (nSPS) is 21.4. The van der Waals surface area contributed by atoms with E-state index in [1.807, 2.05) is 32.8 Å². The lowest BCUT2D eigenvalue weighted by Crippen LogP contribution is -2.49. The Kier molecular flexibility index (Phi) is 5.53. The van der Waals surface area contributed by atoms with E-state index in [1.165, 1.54) is 0 Å². The molecular weight excluding hydrogens is 298 g/mol. The van der Waals surface area contributed by atoms with Crippen LogP contribution in [-0.4, -0.2) is 83.0 Å². The summed E-state index contributed by atoms with van der Waals surface area (Å²) in [5, 5.41) is 15.1. The maximum Gasteiger partial charge on any atom is 0.317 e. The summed E-state index contributed by atoms with van der Waals surface area (Å²) in [5.74, 6) is 0.777. The molecule has 0 radical (unpaired) electrons. The number of nitrogens with one attached hydrogen (secondary N) is 1. The molecule has 1 aromatic rings. The van der Waals surface area contributed by atoms with Gasteiger partial charge in [-0.1, -0.05) is 0 Å². The fourth-order valence-corrected chi connectivity index (χ4v) is 2.92. The first kappa shape index (κ1) is 17.6. The highest BCUT2D eigenvalue weighted by Gasteiger charge is 2.47. The Morgan fingerprint density at radius 2 is 2.22 bits per heavy atom. The third-order valence-corrected chi connectivity index (χ3v) is 4.26. The van der Waals surface area contributed by atoms with Gasteiger partial charge in [0.15, 0.2) is 5.82 Å². The van der Waals surface area contributed by atoms with E-state index >= 15 is 0 Å². The Labute approximate surface area is 136 Å². The molecule has 1 unspecified atom stereocenters. The molecule has 0 aromatic carbocycles. The largest absolute Gasteiger partial charge is 0.383 e. The molecule has 130 valence electrons. The number of carbonyl (C=O) groups excluding carboxylic acids is 1. The molecule has 0 spiro atoms. The average molecular weight is 325 g/mol. The number of likely N-dealkylation sites (N-methyl/N-ethyl adjacent to an activating group) is 1. The molecular formula is C14H27N7O2. The number of urea groups is 1. The van der Waals surface area contributed by atoms with Crippen molar-refractivity contribution in [1.82, 2.24) is 35.3 Å². The van der Waals surface area contributed by atoms with Crippen molar-refractivity contribution in [2.24, 2.45) is 0 Å². The zero-order chi connectivity index (χ0) is 17.0. The van der Waals surface area contributed by atoms with Crippen LogP contribution in [0.25, 0.3) is 0 Å². The highest BCUT2D eigenvalue weighted by Crippen LogP contribution is 2.35. The first-order valence-corrected chi connectivity index (χ1v) is 7.89. The molecule has 1 atom stereocenters. The predicted octanol–water partition coefficient (Wildman–Crippen LogP) is -0.0999. The van der Waals surface area contributed by atoms with Gasteiger partial charge in [0.05, 0.1) is 13.2 Å². The second-order valence-electron chi connectivity index (χ2n) is 6.42. The van der Waals surface area contributed by atoms with E-state index in [0.29, 0.717) is 26.2 Å². The number of rotatable bonds is 6. The van der Waals surface area contributed by atoms with Gasteiger partial charge < -0.3 is 15.0 Å². The molecule has 1 N–H and O–H groups in total. The number of hydrogen-bond acceptors (Lipinski definition) is 6. The van der Waals surface area contributed by atoms with E-state index in [4.69, 9.17) is 4.74 Å². The summed E-state index contributed by atoms with van der Waals surface area (Å²) < 4.78 is 6.90. The first-order valence-electron chi connectivity index (χ1n) is 7.89. The molecule has 1 fully saturated rings. The topological polar surface area (TPSA) is 88.4 Å². The van der Waals surface area contributed by atoms with Crippen LogP contribution in [0, 0.1) is 0 Å². The van der Waals surface area contributed by atoms with E-state index in [9.17, 15) is 4.79 Å². The van der Waals surface area contributed by atoms with E-state index < -0.39 is 0 Å². The lowest BCUT2D eigenvalue weighted by molar-refractivity contribution is 0.130. The number of carbonyl (C=O) groups is 1. The van der Waals surface area contributed by atoms with Crippen LogP contribution in [0.5, 0.6) is 0 Å². The van der Waals surface area contributed by atoms with Crippen LogP contribution in [0.15, 0.2) is 0 Å². The molecule has 23 heavy (non-hydrogen) atoms. The van der Waals surface area contributed by atoms with Gasteiger partial charge in [-0.15, -0.1) is 5.10 Å². The monoisotopic (exact) mass is 325 g/mol. The molecule has 2 heterocycles. The van der Waals surface area contributed by atoms with Gasteiger partial charge in [0.25, 0.3) is 0 Å². The summed E-state index contributed by atoms with van der Waals surface area (Å²) in [7, 11) is 5.65. The van der Waals surface area contributed by atoms with Crippen molar-refractivity contribution in [3.8, 4) is 0 Å². The van der Waals surface area contributed by atoms with Gasteiger partial charge in [-0.05, 0) is 44.8 Å². The molecule has 2 amide bonds. The lowest BCUT2D eigenvalue weighted by atomic mass is 9.96. The Balaban J connectivity index is 2.22. The average Bonchev–Trinajstić information content (AvgIpc) is 3.11. The van der Waals surface area contributed by atoms with Crippen molar-refractivity contribution in [3.63, 3.8) is 0 Å². The summed E-state index contributed by atoms with van der Waals surface area (Å²) in [6.07, 6.45) is 0.791. The number of methoxy groups -OCH3 is 1. The Bertz CT molecular complexity index is 531. The van der Waals surface area contributed by atoms with Crippen molar-refractivity contribution in [2.75, 3.05) is 40.9 Å². The Hall–Kier alpha value is -1.74. The van der Waals surface area contributed by atoms with Crippen LogP contribution >= 0.6 is 0 Å². The molecule has 1 aromatic heterocycles. The van der Waals surface area contributed by atoms with Crippen molar-refractivity contribution in [2.45, 2.75) is 38.4 Å². The summed E-state index contributed by atoms with van der Waals surface area (Å²) in [5.41, 5.74) is -0.383. The fourth-order valence-electron chi connectivity index (χ4n) is 2.92.